The van der Waals surface area contributed by atoms with E-state index in [2.05, 4.69) is 21.8 Å². The molecular weight excluding hydrogens is 288 g/mol. The Bertz CT molecular complexity index is 458. The number of amides is 1. The first-order valence-corrected chi connectivity index (χ1v) is 7.93. The zero-order chi connectivity index (χ0) is 15.7. The van der Waals surface area contributed by atoms with E-state index in [9.17, 15) is 4.79 Å². The van der Waals surface area contributed by atoms with Crippen LogP contribution in [0.15, 0.2) is 12.7 Å². The molecule has 0 atom stereocenters. The van der Waals surface area contributed by atoms with Crippen LogP contribution >= 0.6 is 11.3 Å². The minimum atomic E-state index is -0.198. The van der Waals surface area contributed by atoms with E-state index < -0.39 is 0 Å². The van der Waals surface area contributed by atoms with Crippen LogP contribution < -0.4 is 16.0 Å². The Balaban J connectivity index is 2.48. The van der Waals surface area contributed by atoms with Crippen molar-refractivity contribution >= 4 is 28.2 Å². The van der Waals surface area contributed by atoms with E-state index in [1.54, 1.807) is 6.08 Å². The predicted octanol–water partition coefficient (Wildman–Crippen LogP) is 1.89. The number of thiazole rings is 1. The molecule has 1 aromatic rings. The Labute approximate surface area is 130 Å². The second kappa shape index (κ2) is 9.36. The highest BCUT2D eigenvalue weighted by atomic mass is 32.1. The Morgan fingerprint density at radius 1 is 1.48 bits per heavy atom. The van der Waals surface area contributed by atoms with Gasteiger partial charge in [0.05, 0.1) is 13.2 Å². The molecule has 0 aliphatic heterocycles. The van der Waals surface area contributed by atoms with Crippen LogP contribution in [-0.2, 0) is 4.74 Å². The van der Waals surface area contributed by atoms with Crippen molar-refractivity contribution in [2.75, 3.05) is 43.5 Å². The van der Waals surface area contributed by atoms with Gasteiger partial charge in [-0.1, -0.05) is 17.4 Å². The summed E-state index contributed by atoms with van der Waals surface area (Å²) in [4.78, 5) is 18.8. The Morgan fingerprint density at radius 2 is 2.19 bits per heavy atom. The molecule has 0 aromatic carbocycles. The monoisotopic (exact) mass is 312 g/mol. The summed E-state index contributed by atoms with van der Waals surface area (Å²) in [6, 6.07) is 0. The molecule has 0 bridgehead atoms. The first kappa shape index (κ1) is 17.5. The summed E-state index contributed by atoms with van der Waals surface area (Å²) in [5.74, 6) is 0.0858. The zero-order valence-electron chi connectivity index (χ0n) is 12.7. The van der Waals surface area contributed by atoms with Crippen molar-refractivity contribution < 1.29 is 9.53 Å². The van der Waals surface area contributed by atoms with Crippen LogP contribution in [0.1, 0.15) is 29.9 Å². The highest BCUT2D eigenvalue weighted by Crippen LogP contribution is 2.27. The second-order valence-corrected chi connectivity index (χ2v) is 5.31. The van der Waals surface area contributed by atoms with Crippen LogP contribution in [0.3, 0.4) is 0 Å². The molecule has 1 aromatic heterocycles. The maximum Gasteiger partial charge on any atom is 0.265 e. The molecule has 0 aliphatic carbocycles. The number of hydrogen-bond donors (Lipinski definition) is 2. The van der Waals surface area contributed by atoms with Crippen molar-refractivity contribution in [3.05, 3.63) is 17.5 Å². The van der Waals surface area contributed by atoms with Crippen molar-refractivity contribution in [1.29, 1.82) is 0 Å². The minimum Gasteiger partial charge on any atom is -0.382 e. The lowest BCUT2D eigenvalue weighted by Gasteiger charge is -2.16. The zero-order valence-corrected chi connectivity index (χ0v) is 13.5. The smallest absolute Gasteiger partial charge is 0.265 e. The molecule has 6 nitrogen and oxygen atoms in total. The molecule has 118 valence electrons. The summed E-state index contributed by atoms with van der Waals surface area (Å²) in [6.45, 7) is 10.9. The number of nitrogens with two attached hydrogens (primary N) is 1. The normalized spacial score (nSPS) is 10.4. The number of nitrogen functional groups attached to an aromatic ring is 1. The van der Waals surface area contributed by atoms with Gasteiger partial charge in [-0.15, -0.1) is 6.58 Å². The number of carbonyl (C=O) groups is 1. The van der Waals surface area contributed by atoms with E-state index in [0.717, 1.165) is 24.6 Å². The van der Waals surface area contributed by atoms with Gasteiger partial charge in [-0.05, 0) is 20.3 Å². The lowest BCUT2D eigenvalue weighted by molar-refractivity contribution is 0.0922. The predicted molar refractivity (Wildman–Crippen MR) is 88.1 cm³/mol. The quantitative estimate of drug-likeness (QED) is 0.509. The first-order valence-electron chi connectivity index (χ1n) is 7.12. The Kier molecular flexibility index (Phi) is 7.78. The molecule has 0 radical (unpaired) electrons. The van der Waals surface area contributed by atoms with Crippen LogP contribution in [0.25, 0.3) is 0 Å². The highest BCUT2D eigenvalue weighted by Gasteiger charge is 2.18. The first-order chi connectivity index (χ1) is 10.1. The summed E-state index contributed by atoms with van der Waals surface area (Å²) < 4.78 is 5.33. The van der Waals surface area contributed by atoms with Crippen molar-refractivity contribution in [3.8, 4) is 0 Å². The van der Waals surface area contributed by atoms with Gasteiger partial charge in [-0.2, -0.15) is 0 Å². The average molecular weight is 312 g/mol. The van der Waals surface area contributed by atoms with Crippen LogP contribution in [0, 0.1) is 0 Å². The van der Waals surface area contributed by atoms with Crippen molar-refractivity contribution in [3.63, 3.8) is 0 Å². The fourth-order valence-electron chi connectivity index (χ4n) is 1.70. The van der Waals surface area contributed by atoms with Gasteiger partial charge in [0.15, 0.2) is 5.13 Å². The van der Waals surface area contributed by atoms with E-state index in [4.69, 9.17) is 10.5 Å². The van der Waals surface area contributed by atoms with E-state index in [1.807, 2.05) is 13.8 Å². The lowest BCUT2D eigenvalue weighted by atomic mass is 10.4. The highest BCUT2D eigenvalue weighted by molar-refractivity contribution is 7.18. The van der Waals surface area contributed by atoms with Gasteiger partial charge in [0.25, 0.3) is 5.91 Å². The molecule has 1 heterocycles. The van der Waals surface area contributed by atoms with E-state index in [1.165, 1.54) is 11.3 Å². The fourth-order valence-corrected chi connectivity index (χ4v) is 2.73. The summed E-state index contributed by atoms with van der Waals surface area (Å²) in [5, 5.41) is 3.57. The number of ether oxygens (including phenoxy) is 1. The fraction of sp³-hybridized carbons (Fsp3) is 0.571. The van der Waals surface area contributed by atoms with Crippen molar-refractivity contribution in [2.45, 2.75) is 20.3 Å². The summed E-state index contributed by atoms with van der Waals surface area (Å²) in [7, 11) is 0. The van der Waals surface area contributed by atoms with Gasteiger partial charge in [0.2, 0.25) is 0 Å². The van der Waals surface area contributed by atoms with Gasteiger partial charge in [0.1, 0.15) is 10.7 Å². The lowest BCUT2D eigenvalue weighted by Crippen LogP contribution is -2.27. The maximum atomic E-state index is 12.1. The molecule has 21 heavy (non-hydrogen) atoms. The molecule has 0 unspecified atom stereocenters. The van der Waals surface area contributed by atoms with Crippen LogP contribution in [0.4, 0.5) is 10.9 Å². The van der Waals surface area contributed by atoms with Gasteiger partial charge < -0.3 is 20.7 Å². The Morgan fingerprint density at radius 3 is 2.81 bits per heavy atom. The molecular formula is C14H24N4O2S. The summed E-state index contributed by atoms with van der Waals surface area (Å²) in [6.07, 6.45) is 2.61. The SMILES string of the molecule is C=CCCOCCNC(=O)c1sc(N(CC)CC)nc1N. The van der Waals surface area contributed by atoms with Crippen molar-refractivity contribution in [2.24, 2.45) is 0 Å². The minimum absolute atomic E-state index is 0.198. The van der Waals surface area contributed by atoms with Gasteiger partial charge in [-0.25, -0.2) is 4.98 Å². The van der Waals surface area contributed by atoms with E-state index in [0.29, 0.717) is 24.6 Å². The molecule has 0 aliphatic rings. The van der Waals surface area contributed by atoms with Gasteiger partial charge >= 0.3 is 0 Å². The summed E-state index contributed by atoms with van der Waals surface area (Å²) in [5.41, 5.74) is 5.83. The van der Waals surface area contributed by atoms with E-state index in [-0.39, 0.29) is 11.7 Å². The van der Waals surface area contributed by atoms with Gasteiger partial charge in [0, 0.05) is 19.6 Å². The molecule has 0 spiro atoms. The topological polar surface area (TPSA) is 80.5 Å². The number of hydrogen-bond acceptors (Lipinski definition) is 6. The third kappa shape index (κ3) is 5.35. The molecule has 1 rings (SSSR count). The molecule has 7 heteroatoms. The second-order valence-electron chi connectivity index (χ2n) is 4.33. The molecule has 3 N–H and O–H groups in total. The van der Waals surface area contributed by atoms with Crippen LogP contribution in [0.2, 0.25) is 0 Å². The standard InChI is InChI=1S/C14H24N4O2S/c1-4-7-9-20-10-8-16-13(19)11-12(15)17-14(21-11)18(5-2)6-3/h4H,1,5-10,15H2,2-3H3,(H,16,19). The number of aromatic nitrogens is 1. The third-order valence-corrected chi connectivity index (χ3v) is 4.01. The number of nitrogens with zero attached hydrogens (tertiary/aromatic N) is 2. The number of anilines is 2. The van der Waals surface area contributed by atoms with Crippen LogP contribution in [0.5, 0.6) is 0 Å². The van der Waals surface area contributed by atoms with Crippen LogP contribution in [-0.4, -0.2) is 43.7 Å². The summed E-state index contributed by atoms with van der Waals surface area (Å²) >= 11 is 1.32. The maximum absolute atomic E-state index is 12.1. The molecule has 0 saturated carbocycles. The molecule has 0 fully saturated rings. The Hall–Kier alpha value is -1.60. The van der Waals surface area contributed by atoms with E-state index >= 15 is 0 Å². The largest absolute Gasteiger partial charge is 0.382 e. The molecule has 0 saturated heterocycles. The third-order valence-electron chi connectivity index (χ3n) is 2.88. The van der Waals surface area contributed by atoms with Crippen molar-refractivity contribution in [1.82, 2.24) is 10.3 Å². The molecule has 1 amide bonds. The number of carbonyl (C=O) groups excluding carboxylic acids is 1. The number of nitrogens with one attached hydrogen (secondary N) is 1. The average Bonchev–Trinajstić information content (AvgIpc) is 2.86. The van der Waals surface area contributed by atoms with Gasteiger partial charge in [-0.3, -0.25) is 4.79 Å². The number of rotatable bonds is 10.